The zero-order valence-corrected chi connectivity index (χ0v) is 18.5. The molecular weight excluding hydrogens is 423 g/mol. The van der Waals surface area contributed by atoms with E-state index in [1.807, 2.05) is 4.90 Å². The molecule has 5 rings (SSSR count). The smallest absolute Gasteiger partial charge is 0.379 e. The van der Waals surface area contributed by atoms with Gasteiger partial charge in [0.15, 0.2) is 0 Å². The molecule has 6 atom stereocenters. The van der Waals surface area contributed by atoms with Crippen LogP contribution in [0, 0.1) is 11.3 Å². The van der Waals surface area contributed by atoms with Crippen LogP contribution >= 0.6 is 0 Å². The quantitative estimate of drug-likeness (QED) is 0.763. The van der Waals surface area contributed by atoms with Crippen LogP contribution in [0.5, 0.6) is 0 Å². The van der Waals surface area contributed by atoms with Crippen molar-refractivity contribution in [2.24, 2.45) is 11.3 Å². The van der Waals surface area contributed by atoms with E-state index in [2.05, 4.69) is 17.2 Å². The van der Waals surface area contributed by atoms with Crippen molar-refractivity contribution in [2.45, 2.75) is 76.0 Å². The Hall–Kier alpha value is -1.71. The number of methoxy groups -OCH3 is 1. The van der Waals surface area contributed by atoms with E-state index in [9.17, 15) is 18.0 Å². The Balaban J connectivity index is 1.33. The van der Waals surface area contributed by atoms with Crippen LogP contribution in [-0.4, -0.2) is 60.3 Å². The number of aromatic nitrogens is 1. The van der Waals surface area contributed by atoms with E-state index in [0.29, 0.717) is 30.9 Å². The van der Waals surface area contributed by atoms with E-state index in [4.69, 9.17) is 9.47 Å². The van der Waals surface area contributed by atoms with E-state index in [1.165, 1.54) is 0 Å². The maximum atomic E-state index is 13.6. The van der Waals surface area contributed by atoms with Gasteiger partial charge in [-0.25, -0.2) is 0 Å². The Morgan fingerprint density at radius 3 is 2.91 bits per heavy atom. The number of alkyl halides is 3. The lowest BCUT2D eigenvalue weighted by molar-refractivity contribution is -0.138. The van der Waals surface area contributed by atoms with Gasteiger partial charge in [-0.3, -0.25) is 9.78 Å². The molecule has 1 amide bonds. The van der Waals surface area contributed by atoms with Crippen LogP contribution in [0.25, 0.3) is 0 Å². The van der Waals surface area contributed by atoms with Gasteiger partial charge in [-0.15, -0.1) is 0 Å². The molecule has 0 bridgehead atoms. The van der Waals surface area contributed by atoms with E-state index < -0.39 is 17.2 Å². The number of rotatable bonds is 3. The Morgan fingerprint density at radius 1 is 1.34 bits per heavy atom. The highest BCUT2D eigenvalue weighted by molar-refractivity contribution is 5.87. The first-order valence-corrected chi connectivity index (χ1v) is 11.5. The summed E-state index contributed by atoms with van der Waals surface area (Å²) < 4.78 is 50.5. The number of carbonyl (C=O) groups is 1. The van der Waals surface area contributed by atoms with Crippen molar-refractivity contribution in [2.75, 3.05) is 20.3 Å². The molecule has 4 aliphatic rings. The number of carbonyl (C=O) groups excluding carboxylic acids is 1. The fraction of sp³-hybridized carbons (Fsp3) is 0.739. The number of nitrogens with one attached hydrogen (secondary N) is 1. The average Bonchev–Trinajstić information content (AvgIpc) is 3.28. The van der Waals surface area contributed by atoms with Gasteiger partial charge in [0.25, 0.3) is 0 Å². The molecule has 32 heavy (non-hydrogen) atoms. The number of nitrogens with zero attached hydrogens (tertiary/aromatic N) is 2. The summed E-state index contributed by atoms with van der Waals surface area (Å²) in [5.41, 5.74) is 0.00368. The molecule has 3 fully saturated rings. The zero-order valence-electron chi connectivity index (χ0n) is 18.5. The van der Waals surface area contributed by atoms with Crippen molar-refractivity contribution in [3.63, 3.8) is 0 Å². The predicted octanol–water partition coefficient (Wildman–Crippen LogP) is 2.94. The maximum Gasteiger partial charge on any atom is 0.417 e. The Labute approximate surface area is 185 Å². The van der Waals surface area contributed by atoms with E-state index in [-0.39, 0.29) is 42.6 Å². The van der Waals surface area contributed by atoms with Crippen LogP contribution in [0.4, 0.5) is 13.2 Å². The molecule has 6 nitrogen and oxygen atoms in total. The second kappa shape index (κ2) is 7.95. The number of ether oxygens (including phenoxy) is 2. The van der Waals surface area contributed by atoms with E-state index in [0.717, 1.165) is 37.9 Å². The summed E-state index contributed by atoms with van der Waals surface area (Å²) in [4.78, 5) is 19.6. The number of fused-ring (bicyclic) bond motifs is 2. The molecule has 1 saturated carbocycles. The largest absolute Gasteiger partial charge is 0.417 e. The molecule has 9 heteroatoms. The molecule has 0 radical (unpaired) electrons. The van der Waals surface area contributed by atoms with E-state index in [1.54, 1.807) is 7.11 Å². The Kier molecular flexibility index (Phi) is 5.49. The summed E-state index contributed by atoms with van der Waals surface area (Å²) in [5.74, 6) is 0.226. The number of halogens is 3. The first-order valence-electron chi connectivity index (χ1n) is 11.5. The highest BCUT2D eigenvalue weighted by Crippen LogP contribution is 2.54. The molecule has 0 aromatic carbocycles. The average molecular weight is 454 g/mol. The molecule has 1 aliphatic carbocycles. The molecule has 1 aromatic rings. The molecule has 3 aliphatic heterocycles. The van der Waals surface area contributed by atoms with Crippen molar-refractivity contribution in [3.8, 4) is 0 Å². The number of amides is 1. The molecule has 176 valence electrons. The summed E-state index contributed by atoms with van der Waals surface area (Å²) in [6.07, 6.45) is 0.356. The summed E-state index contributed by atoms with van der Waals surface area (Å²) in [6.45, 7) is 3.62. The molecule has 1 spiro atoms. The Bertz CT molecular complexity index is 895. The summed E-state index contributed by atoms with van der Waals surface area (Å²) >= 11 is 0. The highest BCUT2D eigenvalue weighted by atomic mass is 19.4. The highest BCUT2D eigenvalue weighted by Gasteiger charge is 2.60. The lowest BCUT2D eigenvalue weighted by Crippen LogP contribution is -2.51. The monoisotopic (exact) mass is 453 g/mol. The molecule has 4 heterocycles. The van der Waals surface area contributed by atoms with Gasteiger partial charge in [0.1, 0.15) is 0 Å². The third-order valence-corrected chi connectivity index (χ3v) is 8.27. The Morgan fingerprint density at radius 2 is 2.16 bits per heavy atom. The predicted molar refractivity (Wildman–Crippen MR) is 110 cm³/mol. The normalized spacial score (nSPS) is 37.1. The first-order chi connectivity index (χ1) is 15.2. The standard InChI is InChI=1S/C23H30F3N3O3/c1-13-19-8-18-14(7-15(10-27-18)23(24,25)26)11-29(19)21(30)22(13)5-3-16(9-22)28-17-4-6-32-12-20(17)31-2/h7,10,13,16-17,19-20,28H,3-6,8-9,11-12H2,1-2H3/t13?,16-,17+,19?,20-,22+/m1/s1. The van der Waals surface area contributed by atoms with Gasteiger partial charge in [0, 0.05) is 56.7 Å². The van der Waals surface area contributed by atoms with Crippen LogP contribution < -0.4 is 5.32 Å². The van der Waals surface area contributed by atoms with Gasteiger partial charge < -0.3 is 19.7 Å². The number of pyridine rings is 1. The first kappa shape index (κ1) is 22.1. The molecule has 1 N–H and O–H groups in total. The lowest BCUT2D eigenvalue weighted by Gasteiger charge is -2.34. The minimum atomic E-state index is -4.43. The molecular formula is C23H30F3N3O3. The summed E-state index contributed by atoms with van der Waals surface area (Å²) in [5, 5.41) is 3.72. The van der Waals surface area contributed by atoms with Crippen molar-refractivity contribution < 1.29 is 27.4 Å². The van der Waals surface area contributed by atoms with Gasteiger partial charge >= 0.3 is 6.18 Å². The molecule has 2 unspecified atom stereocenters. The van der Waals surface area contributed by atoms with E-state index >= 15 is 0 Å². The van der Waals surface area contributed by atoms with Crippen molar-refractivity contribution >= 4 is 5.91 Å². The van der Waals surface area contributed by atoms with Crippen LogP contribution in [-0.2, 0) is 33.4 Å². The minimum Gasteiger partial charge on any atom is -0.379 e. The third-order valence-electron chi connectivity index (χ3n) is 8.27. The molecule has 2 saturated heterocycles. The topological polar surface area (TPSA) is 63.7 Å². The lowest BCUT2D eigenvalue weighted by atomic mass is 9.73. The fourth-order valence-electron chi connectivity index (χ4n) is 6.40. The van der Waals surface area contributed by atoms with Crippen molar-refractivity contribution in [3.05, 3.63) is 29.1 Å². The van der Waals surface area contributed by atoms with Crippen LogP contribution in [0.3, 0.4) is 0 Å². The zero-order chi connectivity index (χ0) is 22.7. The van der Waals surface area contributed by atoms with Gasteiger partial charge in [-0.1, -0.05) is 6.92 Å². The number of hydrogen-bond donors (Lipinski definition) is 1. The van der Waals surface area contributed by atoms with Crippen LogP contribution in [0.15, 0.2) is 12.3 Å². The number of hydrogen-bond acceptors (Lipinski definition) is 5. The summed E-state index contributed by atoms with van der Waals surface area (Å²) in [6, 6.07) is 1.59. The minimum absolute atomic E-state index is 0.00624. The van der Waals surface area contributed by atoms with Gasteiger partial charge in [0.2, 0.25) is 5.91 Å². The third kappa shape index (κ3) is 3.53. The van der Waals surface area contributed by atoms with Crippen molar-refractivity contribution in [1.29, 1.82) is 0 Å². The van der Waals surface area contributed by atoms with Crippen LogP contribution in [0.1, 0.15) is 49.4 Å². The maximum absolute atomic E-state index is 13.6. The van der Waals surface area contributed by atoms with Crippen LogP contribution in [0.2, 0.25) is 0 Å². The second-order valence-corrected chi connectivity index (χ2v) is 9.83. The molecule has 1 aromatic heterocycles. The van der Waals surface area contributed by atoms with Crippen molar-refractivity contribution in [1.82, 2.24) is 15.2 Å². The van der Waals surface area contributed by atoms with Gasteiger partial charge in [-0.2, -0.15) is 13.2 Å². The van der Waals surface area contributed by atoms with Gasteiger partial charge in [0.05, 0.1) is 23.7 Å². The van der Waals surface area contributed by atoms with Gasteiger partial charge in [-0.05, 0) is 43.2 Å². The summed E-state index contributed by atoms with van der Waals surface area (Å²) in [7, 11) is 1.70. The second-order valence-electron chi connectivity index (χ2n) is 9.83. The fourth-order valence-corrected chi connectivity index (χ4v) is 6.40. The SMILES string of the molecule is CO[C@@H]1COCC[C@@H]1N[C@@H]1CC[C@@]2(C1)C(=O)N1Cc3cc(C(F)(F)F)cnc3CC1C2C.